The summed E-state index contributed by atoms with van der Waals surface area (Å²) in [5.74, 6) is 0. The Bertz CT molecular complexity index is 445. The molecule has 1 aromatic carbocycles. The first kappa shape index (κ1) is 9.02. The number of hydrogen-bond donors (Lipinski definition) is 1. The van der Waals surface area contributed by atoms with Crippen LogP contribution in [-0.2, 0) is 11.8 Å². The van der Waals surface area contributed by atoms with Gasteiger partial charge in [0.15, 0.2) is 0 Å². The van der Waals surface area contributed by atoms with E-state index >= 15 is 0 Å². The van der Waals surface area contributed by atoms with E-state index in [1.54, 1.807) is 0 Å². The van der Waals surface area contributed by atoms with Crippen molar-refractivity contribution in [1.29, 1.82) is 0 Å². The molecule has 78 valence electrons. The molecular formula is C14H17N. The molecule has 1 aromatic rings. The average molecular weight is 199 g/mol. The van der Waals surface area contributed by atoms with Crippen LogP contribution in [0, 0.1) is 0 Å². The first-order chi connectivity index (χ1) is 7.23. The van der Waals surface area contributed by atoms with Crippen LogP contribution in [0.15, 0.2) is 18.2 Å². The quantitative estimate of drug-likeness (QED) is 0.731. The van der Waals surface area contributed by atoms with Gasteiger partial charge >= 0.3 is 0 Å². The molecule has 2 aliphatic rings. The molecule has 0 bridgehead atoms. The van der Waals surface area contributed by atoms with Crippen LogP contribution in [0.4, 0.5) is 5.69 Å². The first-order valence-corrected chi connectivity index (χ1v) is 5.83. The number of nitrogens with one attached hydrogen (secondary N) is 1. The number of allylic oxidation sites excluding steroid dienone is 1. The Morgan fingerprint density at radius 1 is 1.40 bits per heavy atom. The molecule has 0 saturated heterocycles. The highest BCUT2D eigenvalue weighted by Crippen LogP contribution is 2.41. The fraction of sp³-hybridized carbons (Fsp3) is 0.429. The lowest BCUT2D eigenvalue weighted by molar-refractivity contribution is 0.582. The van der Waals surface area contributed by atoms with Crippen LogP contribution in [0.25, 0.3) is 6.08 Å². The van der Waals surface area contributed by atoms with Crippen LogP contribution in [0.5, 0.6) is 0 Å². The summed E-state index contributed by atoms with van der Waals surface area (Å²) >= 11 is 0. The lowest BCUT2D eigenvalue weighted by Gasteiger charge is -2.22. The van der Waals surface area contributed by atoms with Crippen molar-refractivity contribution < 1.29 is 0 Å². The molecule has 1 heteroatoms. The summed E-state index contributed by atoms with van der Waals surface area (Å²) in [6, 6.07) is 4.73. The highest BCUT2D eigenvalue weighted by molar-refractivity contribution is 5.72. The van der Waals surface area contributed by atoms with E-state index in [2.05, 4.69) is 43.4 Å². The topological polar surface area (TPSA) is 12.0 Å². The summed E-state index contributed by atoms with van der Waals surface area (Å²) in [6.07, 6.45) is 7.00. The molecule has 0 fully saturated rings. The molecule has 1 N–H and O–H groups in total. The van der Waals surface area contributed by atoms with E-state index in [0.29, 0.717) is 0 Å². The average Bonchev–Trinajstić information content (AvgIpc) is 2.82. The molecule has 0 spiro atoms. The van der Waals surface area contributed by atoms with Crippen LogP contribution < -0.4 is 5.32 Å². The van der Waals surface area contributed by atoms with Crippen LogP contribution in [0.3, 0.4) is 0 Å². The van der Waals surface area contributed by atoms with Crippen molar-refractivity contribution >= 4 is 11.8 Å². The summed E-state index contributed by atoms with van der Waals surface area (Å²) < 4.78 is 0. The third-order valence-corrected chi connectivity index (χ3v) is 3.97. The molecule has 15 heavy (non-hydrogen) atoms. The Kier molecular flexibility index (Phi) is 1.73. The predicted octanol–water partition coefficient (Wildman–Crippen LogP) is 3.35. The zero-order chi connectivity index (χ0) is 10.5. The summed E-state index contributed by atoms with van der Waals surface area (Å²) in [5, 5.41) is 3.44. The smallest absolute Gasteiger partial charge is 0.0379 e. The third kappa shape index (κ3) is 1.16. The second-order valence-corrected chi connectivity index (χ2v) is 4.88. The van der Waals surface area contributed by atoms with E-state index in [9.17, 15) is 0 Å². The number of hydrogen-bond acceptors (Lipinski definition) is 1. The van der Waals surface area contributed by atoms with Gasteiger partial charge in [0.2, 0.25) is 0 Å². The Morgan fingerprint density at radius 3 is 3.07 bits per heavy atom. The molecule has 1 heterocycles. The molecule has 0 aromatic heterocycles. The fourth-order valence-electron chi connectivity index (χ4n) is 2.67. The molecule has 0 saturated carbocycles. The molecule has 1 aliphatic heterocycles. The largest absolute Gasteiger partial charge is 0.384 e. The molecule has 1 nitrogen and oxygen atoms in total. The van der Waals surface area contributed by atoms with E-state index in [0.717, 1.165) is 6.54 Å². The molecule has 1 aliphatic carbocycles. The van der Waals surface area contributed by atoms with E-state index < -0.39 is 0 Å². The lowest BCUT2D eigenvalue weighted by atomic mass is 9.81. The molecule has 1 unspecified atom stereocenters. The van der Waals surface area contributed by atoms with Gasteiger partial charge in [0.25, 0.3) is 0 Å². The van der Waals surface area contributed by atoms with Gasteiger partial charge in [0.1, 0.15) is 0 Å². The minimum atomic E-state index is 0.271. The highest BCUT2D eigenvalue weighted by Gasteiger charge is 2.29. The predicted molar refractivity (Wildman–Crippen MR) is 65.3 cm³/mol. The SMILES string of the molecule is CCC1(C)C=Cc2cc3c(cc21)CCN3. The maximum absolute atomic E-state index is 3.44. The number of fused-ring (bicyclic) bond motifs is 2. The second kappa shape index (κ2) is 2.88. The van der Waals surface area contributed by atoms with Gasteiger partial charge in [-0.3, -0.25) is 0 Å². The summed E-state index contributed by atoms with van der Waals surface area (Å²) in [5.41, 5.74) is 6.04. The minimum Gasteiger partial charge on any atom is -0.384 e. The van der Waals surface area contributed by atoms with Gasteiger partial charge in [-0.25, -0.2) is 0 Å². The Labute approximate surface area is 91.2 Å². The standard InChI is InChI=1S/C14H17N/c1-3-14(2)6-4-10-9-13-11(5-7-15-13)8-12(10)14/h4,6,8-9,15H,3,5,7H2,1-2H3. The van der Waals surface area contributed by atoms with Crippen molar-refractivity contribution in [2.45, 2.75) is 32.1 Å². The van der Waals surface area contributed by atoms with E-state index in [4.69, 9.17) is 0 Å². The van der Waals surface area contributed by atoms with E-state index in [1.807, 2.05) is 0 Å². The van der Waals surface area contributed by atoms with Crippen LogP contribution in [-0.4, -0.2) is 6.54 Å². The van der Waals surface area contributed by atoms with Crippen molar-refractivity contribution in [3.05, 3.63) is 34.9 Å². The van der Waals surface area contributed by atoms with Crippen molar-refractivity contribution in [2.24, 2.45) is 0 Å². The highest BCUT2D eigenvalue weighted by atomic mass is 14.9. The summed E-state index contributed by atoms with van der Waals surface area (Å²) in [4.78, 5) is 0. The van der Waals surface area contributed by atoms with Crippen LogP contribution >= 0.6 is 0 Å². The number of anilines is 1. The van der Waals surface area contributed by atoms with Crippen molar-refractivity contribution in [2.75, 3.05) is 11.9 Å². The third-order valence-electron chi connectivity index (χ3n) is 3.97. The van der Waals surface area contributed by atoms with Gasteiger partial charge in [0.05, 0.1) is 0 Å². The maximum atomic E-state index is 3.44. The van der Waals surface area contributed by atoms with Crippen molar-refractivity contribution in [3.63, 3.8) is 0 Å². The molecule has 3 rings (SSSR count). The minimum absolute atomic E-state index is 0.271. The van der Waals surface area contributed by atoms with Gasteiger partial charge < -0.3 is 5.32 Å². The van der Waals surface area contributed by atoms with Crippen molar-refractivity contribution in [1.82, 2.24) is 0 Å². The Balaban J connectivity index is 2.17. The van der Waals surface area contributed by atoms with E-state index in [1.165, 1.54) is 35.2 Å². The second-order valence-electron chi connectivity index (χ2n) is 4.88. The Hall–Kier alpha value is -1.24. The first-order valence-electron chi connectivity index (χ1n) is 5.83. The van der Waals surface area contributed by atoms with Gasteiger partial charge in [-0.05, 0) is 35.6 Å². The van der Waals surface area contributed by atoms with E-state index in [-0.39, 0.29) is 5.41 Å². The normalized spacial score (nSPS) is 26.3. The van der Waals surface area contributed by atoms with Crippen LogP contribution in [0.2, 0.25) is 0 Å². The number of rotatable bonds is 1. The zero-order valence-electron chi connectivity index (χ0n) is 9.43. The maximum Gasteiger partial charge on any atom is 0.0379 e. The Morgan fingerprint density at radius 2 is 2.27 bits per heavy atom. The monoisotopic (exact) mass is 199 g/mol. The number of benzene rings is 1. The van der Waals surface area contributed by atoms with Gasteiger partial charge in [-0.15, -0.1) is 0 Å². The van der Waals surface area contributed by atoms with Gasteiger partial charge in [0, 0.05) is 17.6 Å². The lowest BCUT2D eigenvalue weighted by Crippen LogP contribution is -2.15. The van der Waals surface area contributed by atoms with Gasteiger partial charge in [-0.1, -0.05) is 32.1 Å². The fourth-order valence-corrected chi connectivity index (χ4v) is 2.67. The summed E-state index contributed by atoms with van der Waals surface area (Å²) in [6.45, 7) is 5.71. The summed E-state index contributed by atoms with van der Waals surface area (Å²) in [7, 11) is 0. The molecule has 1 atom stereocenters. The van der Waals surface area contributed by atoms with Crippen molar-refractivity contribution in [3.8, 4) is 0 Å². The molecular weight excluding hydrogens is 182 g/mol. The molecule has 0 amide bonds. The zero-order valence-corrected chi connectivity index (χ0v) is 9.43. The van der Waals surface area contributed by atoms with Crippen LogP contribution in [0.1, 0.15) is 37.0 Å². The van der Waals surface area contributed by atoms with Gasteiger partial charge in [-0.2, -0.15) is 0 Å². The molecule has 0 radical (unpaired) electrons.